The van der Waals surface area contributed by atoms with Crippen molar-refractivity contribution in [3.05, 3.63) is 35.4 Å². The summed E-state index contributed by atoms with van der Waals surface area (Å²) in [5, 5.41) is 0. The minimum absolute atomic E-state index is 0.130. The molecular formula is C19H31O4PS2. The van der Waals surface area contributed by atoms with Crippen molar-refractivity contribution in [1.82, 2.24) is 0 Å². The van der Waals surface area contributed by atoms with Crippen molar-refractivity contribution in [3.8, 4) is 0 Å². The number of carbonyl (C=O) groups excluding carboxylic acids is 1. The second-order valence-corrected chi connectivity index (χ2v) is 9.68. The van der Waals surface area contributed by atoms with Crippen LogP contribution in [-0.4, -0.2) is 37.3 Å². The van der Waals surface area contributed by atoms with E-state index in [-0.39, 0.29) is 20.9 Å². The van der Waals surface area contributed by atoms with E-state index in [0.29, 0.717) is 25.7 Å². The van der Waals surface area contributed by atoms with Crippen LogP contribution in [0, 0.1) is 5.92 Å². The summed E-state index contributed by atoms with van der Waals surface area (Å²) in [5.74, 6) is 1.93. The Morgan fingerprint density at radius 2 is 1.69 bits per heavy atom. The third-order valence-corrected chi connectivity index (χ3v) is 6.56. The molecule has 2 atom stereocenters. The smallest absolute Gasteiger partial charge is 0.313 e. The van der Waals surface area contributed by atoms with E-state index in [1.54, 1.807) is 21.6 Å². The molecule has 0 saturated heterocycles. The van der Waals surface area contributed by atoms with Gasteiger partial charge in [-0.25, -0.2) is 0 Å². The molecule has 26 heavy (non-hydrogen) atoms. The van der Waals surface area contributed by atoms with Crippen LogP contribution in [0.3, 0.4) is 0 Å². The van der Waals surface area contributed by atoms with Crippen molar-refractivity contribution < 1.29 is 18.6 Å². The second kappa shape index (κ2) is 14.8. The van der Waals surface area contributed by atoms with Crippen LogP contribution in [0.2, 0.25) is 0 Å². The van der Waals surface area contributed by atoms with Gasteiger partial charge in [0.05, 0.1) is 19.1 Å². The Balaban J connectivity index is 2.14. The molecule has 0 aliphatic heterocycles. The van der Waals surface area contributed by atoms with Gasteiger partial charge >= 0.3 is 5.97 Å². The van der Waals surface area contributed by atoms with E-state index in [4.69, 9.17) is 13.8 Å². The van der Waals surface area contributed by atoms with Crippen molar-refractivity contribution in [2.75, 3.05) is 31.3 Å². The van der Waals surface area contributed by atoms with Gasteiger partial charge in [-0.05, 0) is 37.3 Å². The minimum Gasteiger partial charge on any atom is -0.464 e. The second-order valence-electron chi connectivity index (χ2n) is 6.24. The molecule has 1 aromatic carbocycles. The predicted octanol–water partition coefficient (Wildman–Crippen LogP) is 5.47. The molecule has 2 unspecified atom stereocenters. The minimum atomic E-state index is -0.228. The largest absolute Gasteiger partial charge is 0.464 e. The van der Waals surface area contributed by atoms with Gasteiger partial charge in [0.2, 0.25) is 0 Å². The zero-order valence-electron chi connectivity index (χ0n) is 16.2. The van der Waals surface area contributed by atoms with Gasteiger partial charge in [0.1, 0.15) is 6.61 Å². The monoisotopic (exact) mass is 418 g/mol. The zero-order valence-corrected chi connectivity index (χ0v) is 18.8. The number of rotatable bonds is 14. The lowest BCUT2D eigenvalue weighted by Gasteiger charge is -2.13. The van der Waals surface area contributed by atoms with E-state index >= 15 is 0 Å². The Labute approximate surface area is 167 Å². The predicted molar refractivity (Wildman–Crippen MR) is 115 cm³/mol. The van der Waals surface area contributed by atoms with Gasteiger partial charge in [0, 0.05) is 11.5 Å². The standard InChI is InChI=1S/C19H31O4PS2/c1-5-22-24-23-11-13-26-25-12-10-21-19(20)16(4)18-8-6-17(7-9-18)14-15(2)3/h6-9,15-16,24H,5,10-14H2,1-4H3. The molecule has 1 rings (SSSR count). The molecule has 0 heterocycles. The van der Waals surface area contributed by atoms with Gasteiger partial charge in [-0.3, -0.25) is 4.79 Å². The summed E-state index contributed by atoms with van der Waals surface area (Å²) in [6.45, 7) is 10.1. The van der Waals surface area contributed by atoms with Crippen LogP contribution in [0.25, 0.3) is 0 Å². The zero-order chi connectivity index (χ0) is 19.2. The Bertz CT molecular complexity index is 497. The van der Waals surface area contributed by atoms with Crippen LogP contribution < -0.4 is 0 Å². The summed E-state index contributed by atoms with van der Waals surface area (Å²) in [5.41, 5.74) is 2.32. The Hall–Kier alpha value is -0.260. The Morgan fingerprint density at radius 1 is 1.04 bits per heavy atom. The third-order valence-electron chi connectivity index (χ3n) is 3.50. The molecule has 148 valence electrons. The maximum absolute atomic E-state index is 12.2. The molecule has 0 fully saturated rings. The highest BCUT2D eigenvalue weighted by atomic mass is 33.1. The van der Waals surface area contributed by atoms with Gasteiger partial charge in [-0.2, -0.15) is 0 Å². The van der Waals surface area contributed by atoms with E-state index in [2.05, 4.69) is 26.0 Å². The summed E-state index contributed by atoms with van der Waals surface area (Å²) in [6.07, 6.45) is 1.06. The van der Waals surface area contributed by atoms with Crippen molar-refractivity contribution in [3.63, 3.8) is 0 Å². The van der Waals surface area contributed by atoms with E-state index in [0.717, 1.165) is 23.5 Å². The van der Waals surface area contributed by atoms with Gasteiger partial charge in [-0.1, -0.05) is 59.7 Å². The number of ether oxygens (including phenoxy) is 1. The SMILES string of the molecule is CCOPOCCSSCCOC(=O)C(C)c1ccc(CC(C)C)cc1. The molecule has 0 N–H and O–H groups in total. The summed E-state index contributed by atoms with van der Waals surface area (Å²) in [6, 6.07) is 8.30. The molecule has 4 nitrogen and oxygen atoms in total. The lowest BCUT2D eigenvalue weighted by atomic mass is 9.97. The van der Waals surface area contributed by atoms with Crippen LogP contribution >= 0.6 is 30.6 Å². The Morgan fingerprint density at radius 3 is 2.31 bits per heavy atom. The maximum atomic E-state index is 12.2. The first-order valence-electron chi connectivity index (χ1n) is 9.03. The fourth-order valence-electron chi connectivity index (χ4n) is 2.19. The summed E-state index contributed by atoms with van der Waals surface area (Å²) in [7, 11) is 3.55. The molecule has 0 aromatic heterocycles. The first-order valence-corrected chi connectivity index (χ1v) is 12.3. The number of esters is 1. The van der Waals surface area contributed by atoms with Crippen LogP contribution in [0.1, 0.15) is 44.7 Å². The first kappa shape index (κ1) is 23.8. The first-order chi connectivity index (χ1) is 12.5. The van der Waals surface area contributed by atoms with Crippen LogP contribution in [-0.2, 0) is 25.0 Å². The molecule has 7 heteroatoms. The van der Waals surface area contributed by atoms with Crippen LogP contribution in [0.15, 0.2) is 24.3 Å². The molecule has 0 aliphatic carbocycles. The van der Waals surface area contributed by atoms with E-state index in [1.807, 2.05) is 26.0 Å². The number of benzene rings is 1. The van der Waals surface area contributed by atoms with Crippen molar-refractivity contribution in [2.45, 2.75) is 40.0 Å². The molecule has 0 amide bonds. The highest BCUT2D eigenvalue weighted by Gasteiger charge is 2.16. The fourth-order valence-corrected chi connectivity index (χ4v) is 4.38. The third kappa shape index (κ3) is 10.8. The normalized spacial score (nSPS) is 12.8. The summed E-state index contributed by atoms with van der Waals surface area (Å²) in [4.78, 5) is 12.2. The van der Waals surface area contributed by atoms with E-state index < -0.39 is 0 Å². The molecule has 0 radical (unpaired) electrons. The topological polar surface area (TPSA) is 44.8 Å². The van der Waals surface area contributed by atoms with Crippen molar-refractivity contribution >= 4 is 36.6 Å². The van der Waals surface area contributed by atoms with E-state index in [1.165, 1.54) is 5.56 Å². The average Bonchev–Trinajstić information content (AvgIpc) is 2.62. The molecule has 0 saturated carbocycles. The molecule has 1 aromatic rings. The average molecular weight is 419 g/mol. The summed E-state index contributed by atoms with van der Waals surface area (Å²) >= 11 is 0. The van der Waals surface area contributed by atoms with Crippen LogP contribution in [0.4, 0.5) is 0 Å². The lowest BCUT2D eigenvalue weighted by molar-refractivity contribution is -0.144. The number of carbonyl (C=O) groups is 1. The highest BCUT2D eigenvalue weighted by Crippen LogP contribution is 2.23. The quantitative estimate of drug-likeness (QED) is 0.173. The molecule has 0 aliphatic rings. The fraction of sp³-hybridized carbons (Fsp3) is 0.632. The lowest BCUT2D eigenvalue weighted by Crippen LogP contribution is -2.14. The van der Waals surface area contributed by atoms with Crippen molar-refractivity contribution in [1.29, 1.82) is 0 Å². The van der Waals surface area contributed by atoms with Gasteiger partial charge in [0.25, 0.3) is 0 Å². The summed E-state index contributed by atoms with van der Waals surface area (Å²) < 4.78 is 15.8. The molecule has 0 spiro atoms. The number of hydrogen-bond donors (Lipinski definition) is 0. The highest BCUT2D eigenvalue weighted by molar-refractivity contribution is 8.76. The number of hydrogen-bond acceptors (Lipinski definition) is 6. The van der Waals surface area contributed by atoms with Gasteiger partial charge in [-0.15, -0.1) is 0 Å². The maximum Gasteiger partial charge on any atom is 0.313 e. The molecular weight excluding hydrogens is 387 g/mol. The van der Waals surface area contributed by atoms with E-state index in [9.17, 15) is 4.79 Å². The van der Waals surface area contributed by atoms with Gasteiger partial charge < -0.3 is 13.8 Å². The van der Waals surface area contributed by atoms with Crippen LogP contribution in [0.5, 0.6) is 0 Å². The Kier molecular flexibility index (Phi) is 13.5. The van der Waals surface area contributed by atoms with Crippen molar-refractivity contribution in [2.24, 2.45) is 5.92 Å². The van der Waals surface area contributed by atoms with Gasteiger partial charge in [0.15, 0.2) is 9.03 Å². The molecule has 0 bridgehead atoms.